The summed E-state index contributed by atoms with van der Waals surface area (Å²) < 4.78 is 5.92. The van der Waals surface area contributed by atoms with Crippen LogP contribution in [-0.4, -0.2) is 60.8 Å². The van der Waals surface area contributed by atoms with Crippen LogP contribution < -0.4 is 4.74 Å². The maximum absolute atomic E-state index is 13.6. The molecular weight excluding hydrogens is 462 g/mol. The molecule has 1 amide bonds. The van der Waals surface area contributed by atoms with Gasteiger partial charge in [-0.05, 0) is 86.8 Å². The van der Waals surface area contributed by atoms with Crippen LogP contribution in [0.1, 0.15) is 78.1 Å². The van der Waals surface area contributed by atoms with Crippen molar-refractivity contribution < 1.29 is 14.6 Å². The molecule has 1 N–H and O–H groups in total. The van der Waals surface area contributed by atoms with E-state index in [1.165, 1.54) is 19.3 Å². The Bertz CT molecular complexity index is 1140. The topological polar surface area (TPSA) is 65.4 Å². The van der Waals surface area contributed by atoms with Gasteiger partial charge in [0.05, 0.1) is 17.9 Å². The number of nitrogens with zero attached hydrogens (tertiary/aromatic N) is 3. The number of aromatic hydroxyl groups is 1. The number of phenols is 1. The third kappa shape index (κ3) is 7.45. The SMILES string of the molecule is C=C(CCCCCC)C(=NC)c1cc(C(=O)N2Cc3ccc(OCCCN(C)C)cc3C2)c(O)cc1C. The Balaban J connectivity index is 1.72. The summed E-state index contributed by atoms with van der Waals surface area (Å²) >= 11 is 0. The van der Waals surface area contributed by atoms with Crippen molar-refractivity contribution in [3.8, 4) is 11.5 Å². The number of aryl methyl sites for hydroxylation is 1. The second-order valence-corrected chi connectivity index (χ2v) is 10.3. The maximum Gasteiger partial charge on any atom is 0.258 e. The van der Waals surface area contributed by atoms with Crippen molar-refractivity contribution in [2.45, 2.75) is 65.5 Å². The molecule has 1 heterocycles. The molecule has 0 saturated heterocycles. The highest BCUT2D eigenvalue weighted by Gasteiger charge is 2.27. The molecule has 2 aromatic carbocycles. The Hall–Kier alpha value is -3.12. The van der Waals surface area contributed by atoms with Crippen LogP contribution in [0.25, 0.3) is 0 Å². The van der Waals surface area contributed by atoms with Crippen LogP contribution in [0.15, 0.2) is 47.5 Å². The number of benzene rings is 2. The van der Waals surface area contributed by atoms with E-state index in [4.69, 9.17) is 4.74 Å². The fourth-order valence-corrected chi connectivity index (χ4v) is 4.82. The van der Waals surface area contributed by atoms with Gasteiger partial charge >= 0.3 is 0 Å². The van der Waals surface area contributed by atoms with Gasteiger partial charge in [-0.15, -0.1) is 0 Å². The van der Waals surface area contributed by atoms with E-state index in [1.54, 1.807) is 24.1 Å². The Morgan fingerprint density at radius 1 is 1.08 bits per heavy atom. The first-order valence-corrected chi connectivity index (χ1v) is 13.4. The van der Waals surface area contributed by atoms with Crippen molar-refractivity contribution in [3.63, 3.8) is 0 Å². The molecule has 0 radical (unpaired) electrons. The summed E-state index contributed by atoms with van der Waals surface area (Å²) in [5.74, 6) is 0.636. The van der Waals surface area contributed by atoms with Crippen molar-refractivity contribution in [1.29, 1.82) is 0 Å². The van der Waals surface area contributed by atoms with E-state index in [2.05, 4.69) is 37.5 Å². The molecule has 0 bridgehead atoms. The standard InChI is InChI=1S/C31H43N3O3/c1-7-8-9-10-12-22(2)30(32-4)27-19-28(29(35)17-23(27)3)31(36)34-20-24-13-14-26(18-25(24)21-34)37-16-11-15-33(5)6/h13-14,17-19,35H,2,7-12,15-16,20-21H2,1,3-6H3. The van der Waals surface area contributed by atoms with E-state index >= 15 is 0 Å². The van der Waals surface area contributed by atoms with Crippen molar-refractivity contribution in [2.75, 3.05) is 34.3 Å². The van der Waals surface area contributed by atoms with Crippen LogP contribution in [0.3, 0.4) is 0 Å². The minimum atomic E-state index is -0.188. The number of phenolic OH excluding ortho intramolecular Hbond substituents is 1. The monoisotopic (exact) mass is 505 g/mol. The molecular formula is C31H43N3O3. The van der Waals surface area contributed by atoms with Gasteiger partial charge in [-0.25, -0.2) is 0 Å². The summed E-state index contributed by atoms with van der Waals surface area (Å²) in [4.78, 5) is 22.0. The van der Waals surface area contributed by atoms with Crippen LogP contribution in [0, 0.1) is 6.92 Å². The molecule has 0 aliphatic carbocycles. The lowest BCUT2D eigenvalue weighted by molar-refractivity contribution is 0.0748. The zero-order chi connectivity index (χ0) is 26.9. The van der Waals surface area contributed by atoms with Gasteiger partial charge in [-0.3, -0.25) is 9.79 Å². The predicted octanol–water partition coefficient (Wildman–Crippen LogP) is 6.13. The van der Waals surface area contributed by atoms with Gasteiger partial charge in [0.25, 0.3) is 5.91 Å². The molecule has 2 aromatic rings. The van der Waals surface area contributed by atoms with E-state index in [-0.39, 0.29) is 11.7 Å². The van der Waals surface area contributed by atoms with Crippen molar-refractivity contribution in [3.05, 3.63) is 70.3 Å². The van der Waals surface area contributed by atoms with Gasteiger partial charge in [-0.1, -0.05) is 38.8 Å². The normalized spacial score (nSPS) is 13.2. The zero-order valence-electron chi connectivity index (χ0n) is 23.3. The number of amides is 1. The molecule has 3 rings (SSSR count). The lowest BCUT2D eigenvalue weighted by atomic mass is 9.93. The lowest BCUT2D eigenvalue weighted by Gasteiger charge is -2.19. The van der Waals surface area contributed by atoms with Gasteiger partial charge in [0, 0.05) is 32.2 Å². The molecule has 0 spiro atoms. The summed E-state index contributed by atoms with van der Waals surface area (Å²) in [5.41, 5.74) is 6.01. The van der Waals surface area contributed by atoms with Crippen LogP contribution in [0.5, 0.6) is 11.5 Å². The number of carbonyl (C=O) groups excluding carboxylic acids is 1. The number of carbonyl (C=O) groups is 1. The van der Waals surface area contributed by atoms with E-state index in [9.17, 15) is 9.90 Å². The summed E-state index contributed by atoms with van der Waals surface area (Å²) in [6, 6.07) is 9.49. The summed E-state index contributed by atoms with van der Waals surface area (Å²) in [5, 5.41) is 10.7. The van der Waals surface area contributed by atoms with Crippen LogP contribution in [0.4, 0.5) is 0 Å². The first-order chi connectivity index (χ1) is 17.7. The number of unbranched alkanes of at least 4 members (excludes halogenated alkanes) is 3. The predicted molar refractivity (Wildman–Crippen MR) is 152 cm³/mol. The van der Waals surface area contributed by atoms with Gasteiger partial charge in [0.15, 0.2) is 0 Å². The lowest BCUT2D eigenvalue weighted by Crippen LogP contribution is -2.26. The number of rotatable bonds is 13. The Labute approximate surface area is 222 Å². The highest BCUT2D eigenvalue weighted by Crippen LogP contribution is 2.31. The summed E-state index contributed by atoms with van der Waals surface area (Å²) in [6.07, 6.45) is 6.47. The molecule has 0 aromatic heterocycles. The van der Waals surface area contributed by atoms with E-state index in [0.29, 0.717) is 25.3 Å². The molecule has 6 nitrogen and oxygen atoms in total. The summed E-state index contributed by atoms with van der Waals surface area (Å²) in [6.45, 7) is 11.1. The van der Waals surface area contributed by atoms with Crippen molar-refractivity contribution >= 4 is 11.6 Å². The minimum absolute atomic E-state index is 0.00358. The van der Waals surface area contributed by atoms with Crippen LogP contribution >= 0.6 is 0 Å². The fraction of sp³-hybridized carbons (Fsp3) is 0.484. The first-order valence-electron chi connectivity index (χ1n) is 13.4. The molecule has 1 aliphatic rings. The average Bonchev–Trinajstić information content (AvgIpc) is 3.29. The molecule has 0 saturated carbocycles. The molecule has 0 fully saturated rings. The molecule has 0 atom stereocenters. The minimum Gasteiger partial charge on any atom is -0.507 e. The second kappa shape index (κ2) is 13.4. The number of aliphatic imine (C=N–C) groups is 1. The highest BCUT2D eigenvalue weighted by atomic mass is 16.5. The largest absolute Gasteiger partial charge is 0.507 e. The molecule has 0 unspecified atom stereocenters. The maximum atomic E-state index is 13.6. The van der Waals surface area contributed by atoms with Gasteiger partial charge in [-0.2, -0.15) is 0 Å². The number of ether oxygens (including phenoxy) is 1. The first kappa shape index (κ1) is 28.5. The molecule has 6 heteroatoms. The third-order valence-electron chi connectivity index (χ3n) is 6.92. The Kier molecular flexibility index (Phi) is 10.3. The van der Waals surface area contributed by atoms with E-state index < -0.39 is 0 Å². The van der Waals surface area contributed by atoms with Crippen LogP contribution in [-0.2, 0) is 13.1 Å². The van der Waals surface area contributed by atoms with E-state index in [0.717, 1.165) is 65.1 Å². The second-order valence-electron chi connectivity index (χ2n) is 10.3. The number of hydrogen-bond acceptors (Lipinski definition) is 5. The van der Waals surface area contributed by atoms with Gasteiger partial charge < -0.3 is 19.6 Å². The zero-order valence-corrected chi connectivity index (χ0v) is 23.3. The van der Waals surface area contributed by atoms with Crippen molar-refractivity contribution in [1.82, 2.24) is 9.80 Å². The Morgan fingerprint density at radius 3 is 2.54 bits per heavy atom. The molecule has 200 valence electrons. The molecule has 1 aliphatic heterocycles. The number of fused-ring (bicyclic) bond motifs is 1. The fourth-order valence-electron chi connectivity index (χ4n) is 4.82. The van der Waals surface area contributed by atoms with Crippen molar-refractivity contribution in [2.24, 2.45) is 4.99 Å². The third-order valence-corrected chi connectivity index (χ3v) is 6.92. The van der Waals surface area contributed by atoms with Gasteiger partial charge in [0.2, 0.25) is 0 Å². The van der Waals surface area contributed by atoms with Gasteiger partial charge in [0.1, 0.15) is 11.5 Å². The van der Waals surface area contributed by atoms with Crippen LogP contribution in [0.2, 0.25) is 0 Å². The van der Waals surface area contributed by atoms with E-state index in [1.807, 2.05) is 25.1 Å². The molecule has 37 heavy (non-hydrogen) atoms. The highest BCUT2D eigenvalue weighted by molar-refractivity contribution is 6.14. The Morgan fingerprint density at radius 2 is 1.84 bits per heavy atom. The number of allylic oxidation sites excluding steroid dienone is 1. The quantitative estimate of drug-likeness (QED) is 0.263. The average molecular weight is 506 g/mol. The smallest absolute Gasteiger partial charge is 0.258 e. The summed E-state index contributed by atoms with van der Waals surface area (Å²) in [7, 11) is 5.87. The number of hydrogen-bond donors (Lipinski definition) is 1.